The number of carboxylic acid groups (broad SMARTS) is 1. The van der Waals surface area contributed by atoms with Crippen LogP contribution in [0.2, 0.25) is 0 Å². The molecule has 0 saturated heterocycles. The monoisotopic (exact) mass is 228 g/mol. The molecule has 1 N–H and O–H groups in total. The summed E-state index contributed by atoms with van der Waals surface area (Å²) in [5.41, 5.74) is 0. The Balaban J connectivity index is 3.18. The smallest absolute Gasteiger partial charge is 0.220 e. The summed E-state index contributed by atoms with van der Waals surface area (Å²) in [6.45, 7) is 1.80. The van der Waals surface area contributed by atoms with Gasteiger partial charge >= 0.3 is 0 Å². The second kappa shape index (κ2) is 10.5. The molecule has 0 aliphatic heterocycles. The lowest BCUT2D eigenvalue weighted by atomic mass is 10.1. The number of aliphatic carboxylic acids is 1. The number of rotatable bonds is 10. The van der Waals surface area contributed by atoms with E-state index in [1.54, 1.807) is 0 Å². The Bertz CT molecular complexity index is 204. The van der Waals surface area contributed by atoms with Crippen LogP contribution in [-0.2, 0) is 9.59 Å². The van der Waals surface area contributed by atoms with Crippen molar-refractivity contribution in [2.75, 3.05) is 6.54 Å². The molecule has 4 nitrogen and oxygen atoms in total. The van der Waals surface area contributed by atoms with Crippen LogP contribution >= 0.6 is 0 Å². The number of hydrogen-bond acceptors (Lipinski definition) is 3. The molecular weight excluding hydrogens is 206 g/mol. The Labute approximate surface area is 97.4 Å². The maximum absolute atomic E-state index is 11.1. The quantitative estimate of drug-likeness (QED) is 0.567. The molecular formula is C12H22NO3-. The topological polar surface area (TPSA) is 69.2 Å². The van der Waals surface area contributed by atoms with E-state index in [1.807, 2.05) is 0 Å². The van der Waals surface area contributed by atoms with Crippen molar-refractivity contribution in [3.63, 3.8) is 0 Å². The molecule has 0 aliphatic rings. The number of carbonyl (C=O) groups is 2. The van der Waals surface area contributed by atoms with Gasteiger partial charge in [-0.2, -0.15) is 0 Å². The maximum atomic E-state index is 11.1. The summed E-state index contributed by atoms with van der Waals surface area (Å²) in [6, 6.07) is 0. The van der Waals surface area contributed by atoms with Gasteiger partial charge in [0.15, 0.2) is 0 Å². The molecule has 0 unspecified atom stereocenters. The third kappa shape index (κ3) is 11.0. The average Bonchev–Trinajstić information content (AvgIpc) is 2.25. The molecule has 0 bridgehead atoms. The van der Waals surface area contributed by atoms with Gasteiger partial charge in [0.25, 0.3) is 0 Å². The summed E-state index contributed by atoms with van der Waals surface area (Å²) in [5.74, 6) is -1.44. The van der Waals surface area contributed by atoms with E-state index in [0.29, 0.717) is 6.42 Å². The molecule has 0 radical (unpaired) electrons. The lowest BCUT2D eigenvalue weighted by Gasteiger charge is -2.05. The largest absolute Gasteiger partial charge is 0.548 e. The fourth-order valence-corrected chi connectivity index (χ4v) is 1.50. The second-order valence-corrected chi connectivity index (χ2v) is 4.02. The maximum Gasteiger partial charge on any atom is 0.220 e. The van der Waals surface area contributed by atoms with Gasteiger partial charge in [-0.3, -0.25) is 4.79 Å². The predicted octanol–water partition coefficient (Wildman–Crippen LogP) is 0.993. The minimum atomic E-state index is -1.24. The van der Waals surface area contributed by atoms with Gasteiger partial charge in [0.1, 0.15) is 0 Å². The first-order valence-electron chi connectivity index (χ1n) is 6.13. The van der Waals surface area contributed by atoms with Gasteiger partial charge in [0, 0.05) is 6.42 Å². The number of carbonyl (C=O) groups excluding carboxylic acids is 2. The average molecular weight is 228 g/mol. The molecule has 0 aromatic rings. The molecule has 4 heteroatoms. The van der Waals surface area contributed by atoms with E-state index >= 15 is 0 Å². The van der Waals surface area contributed by atoms with E-state index in [-0.39, 0.29) is 12.5 Å². The molecule has 0 saturated carbocycles. The van der Waals surface area contributed by atoms with Crippen LogP contribution < -0.4 is 10.4 Å². The molecule has 0 rings (SSSR count). The Hall–Kier alpha value is -1.06. The summed E-state index contributed by atoms with van der Waals surface area (Å²) in [4.78, 5) is 21.1. The Kier molecular flexibility index (Phi) is 9.76. The van der Waals surface area contributed by atoms with Crippen LogP contribution in [0.1, 0.15) is 58.3 Å². The van der Waals surface area contributed by atoms with Crippen molar-refractivity contribution in [2.24, 2.45) is 0 Å². The van der Waals surface area contributed by atoms with Crippen molar-refractivity contribution in [3.8, 4) is 0 Å². The zero-order valence-corrected chi connectivity index (χ0v) is 10.1. The van der Waals surface area contributed by atoms with Gasteiger partial charge in [-0.1, -0.05) is 45.4 Å². The number of nitrogens with one attached hydrogen (secondary N) is 1. The molecule has 0 aromatic heterocycles. The standard InChI is InChI=1S/C12H23NO3/c1-2-3-4-5-6-7-8-9-11(14)13-10-12(15)16/h2-10H2,1H3,(H,13,14)(H,15,16)/p-1. The number of unbranched alkanes of at least 4 members (excludes halogenated alkanes) is 6. The highest BCUT2D eigenvalue weighted by molar-refractivity contribution is 5.80. The van der Waals surface area contributed by atoms with Crippen LogP contribution in [0, 0.1) is 0 Å². The van der Waals surface area contributed by atoms with Crippen molar-refractivity contribution < 1.29 is 14.7 Å². The zero-order valence-electron chi connectivity index (χ0n) is 10.1. The van der Waals surface area contributed by atoms with Crippen molar-refractivity contribution in [2.45, 2.75) is 58.3 Å². The Morgan fingerprint density at radius 1 is 1.00 bits per heavy atom. The van der Waals surface area contributed by atoms with Gasteiger partial charge in [-0.25, -0.2) is 0 Å². The van der Waals surface area contributed by atoms with Crippen LogP contribution in [0.25, 0.3) is 0 Å². The third-order valence-corrected chi connectivity index (χ3v) is 2.44. The van der Waals surface area contributed by atoms with Gasteiger partial charge < -0.3 is 15.2 Å². The van der Waals surface area contributed by atoms with E-state index in [9.17, 15) is 14.7 Å². The fraction of sp³-hybridized carbons (Fsp3) is 0.833. The van der Waals surface area contributed by atoms with Gasteiger partial charge in [-0.15, -0.1) is 0 Å². The van der Waals surface area contributed by atoms with Crippen molar-refractivity contribution in [3.05, 3.63) is 0 Å². The predicted molar refractivity (Wildman–Crippen MR) is 60.6 cm³/mol. The van der Waals surface area contributed by atoms with E-state index in [0.717, 1.165) is 19.3 Å². The molecule has 0 heterocycles. The minimum absolute atomic E-state index is 0.197. The van der Waals surface area contributed by atoms with Crippen LogP contribution in [0.5, 0.6) is 0 Å². The highest BCUT2D eigenvalue weighted by atomic mass is 16.4. The van der Waals surface area contributed by atoms with Crippen LogP contribution in [-0.4, -0.2) is 18.4 Å². The highest BCUT2D eigenvalue weighted by Gasteiger charge is 1.99. The van der Waals surface area contributed by atoms with Crippen molar-refractivity contribution >= 4 is 11.9 Å². The molecule has 0 fully saturated rings. The van der Waals surface area contributed by atoms with E-state index in [4.69, 9.17) is 0 Å². The third-order valence-electron chi connectivity index (χ3n) is 2.44. The normalized spacial score (nSPS) is 10.1. The SMILES string of the molecule is CCCCCCCCCC(=O)NCC(=O)[O-]. The molecule has 1 amide bonds. The van der Waals surface area contributed by atoms with Crippen LogP contribution in [0.4, 0.5) is 0 Å². The molecule has 0 atom stereocenters. The Morgan fingerprint density at radius 3 is 2.12 bits per heavy atom. The summed E-state index contributed by atoms with van der Waals surface area (Å²) in [6.07, 6.45) is 8.49. The molecule has 0 aliphatic carbocycles. The summed E-state index contributed by atoms with van der Waals surface area (Å²) in [7, 11) is 0. The molecule has 0 spiro atoms. The van der Waals surface area contributed by atoms with Gasteiger partial charge in [0.05, 0.1) is 12.5 Å². The fourth-order valence-electron chi connectivity index (χ4n) is 1.50. The first kappa shape index (κ1) is 14.9. The van der Waals surface area contributed by atoms with E-state index in [1.165, 1.54) is 25.7 Å². The van der Waals surface area contributed by atoms with Crippen molar-refractivity contribution in [1.82, 2.24) is 5.32 Å². The summed E-state index contributed by atoms with van der Waals surface area (Å²) < 4.78 is 0. The molecule has 0 aromatic carbocycles. The lowest BCUT2D eigenvalue weighted by Crippen LogP contribution is -2.37. The first-order chi connectivity index (χ1) is 7.66. The summed E-state index contributed by atoms with van der Waals surface area (Å²) in [5, 5.41) is 12.3. The van der Waals surface area contributed by atoms with Gasteiger partial charge in [0.2, 0.25) is 5.91 Å². The molecule has 16 heavy (non-hydrogen) atoms. The van der Waals surface area contributed by atoms with E-state index in [2.05, 4.69) is 12.2 Å². The number of hydrogen-bond donors (Lipinski definition) is 1. The zero-order chi connectivity index (χ0) is 12.2. The van der Waals surface area contributed by atoms with Crippen LogP contribution in [0.3, 0.4) is 0 Å². The van der Waals surface area contributed by atoms with Crippen LogP contribution in [0.15, 0.2) is 0 Å². The Morgan fingerprint density at radius 2 is 1.56 bits per heavy atom. The van der Waals surface area contributed by atoms with Crippen molar-refractivity contribution in [1.29, 1.82) is 0 Å². The summed E-state index contributed by atoms with van der Waals surface area (Å²) >= 11 is 0. The van der Waals surface area contributed by atoms with Gasteiger partial charge in [-0.05, 0) is 6.42 Å². The highest BCUT2D eigenvalue weighted by Crippen LogP contribution is 2.07. The lowest BCUT2D eigenvalue weighted by molar-refractivity contribution is -0.304. The molecule has 94 valence electrons. The van der Waals surface area contributed by atoms with E-state index < -0.39 is 5.97 Å². The second-order valence-electron chi connectivity index (χ2n) is 4.02. The number of carboxylic acids is 1. The minimum Gasteiger partial charge on any atom is -0.548 e. The first-order valence-corrected chi connectivity index (χ1v) is 6.13. The number of amides is 1.